The molecule has 1 aliphatic carbocycles. The van der Waals surface area contributed by atoms with Crippen LogP contribution < -0.4 is 0 Å². The summed E-state index contributed by atoms with van der Waals surface area (Å²) in [5.41, 5.74) is 13.9. The summed E-state index contributed by atoms with van der Waals surface area (Å²) >= 11 is 0. The largest absolute Gasteiger partial charge is 0.245 e. The first-order valence-corrected chi connectivity index (χ1v) is 17.5. The Hall–Kier alpha value is -6.38. The maximum Gasteiger partial charge on any atom is 0.0972 e. The van der Waals surface area contributed by atoms with Crippen LogP contribution in [0.5, 0.6) is 0 Å². The Morgan fingerprint density at radius 1 is 0.471 bits per heavy atom. The van der Waals surface area contributed by atoms with Crippen molar-refractivity contribution in [2.75, 3.05) is 0 Å². The third-order valence-electron chi connectivity index (χ3n) is 9.67. The maximum atomic E-state index is 5.07. The van der Waals surface area contributed by atoms with E-state index >= 15 is 0 Å². The van der Waals surface area contributed by atoms with E-state index in [2.05, 4.69) is 196 Å². The number of rotatable bonds is 4. The van der Waals surface area contributed by atoms with Gasteiger partial charge < -0.3 is 0 Å². The summed E-state index contributed by atoms with van der Waals surface area (Å²) in [6, 6.07) is 55.5. The third-order valence-corrected chi connectivity index (χ3v) is 9.67. The standard InChI is InChI=1S/C29H20N2.C20H18/c1-19-5-4-8-24(17-19)26-15-13-21-10-11-22-14-16-27(31-29(22)28(21)30-26)25-12-9-20-6-2-3-7-23(20)18-25;1-16(17-8-4-2-5-9-17)18-12-14-20(15-13-18)19-10-6-3-7-11-19/h2-18H,1H3;2-8,10-15H,9H2,1H3/b;17-16+. The molecule has 244 valence electrons. The molecule has 2 aromatic heterocycles. The highest BCUT2D eigenvalue weighted by atomic mass is 14.8. The highest BCUT2D eigenvalue weighted by Crippen LogP contribution is 2.31. The molecular weight excluding hydrogens is 617 g/mol. The van der Waals surface area contributed by atoms with Gasteiger partial charge in [-0.3, -0.25) is 0 Å². The molecule has 0 radical (unpaired) electrons. The molecule has 0 atom stereocenters. The zero-order chi connectivity index (χ0) is 34.6. The van der Waals surface area contributed by atoms with E-state index in [0.717, 1.165) is 50.7 Å². The lowest BCUT2D eigenvalue weighted by Gasteiger charge is -2.10. The van der Waals surface area contributed by atoms with Gasteiger partial charge in [0.25, 0.3) is 0 Å². The quantitative estimate of drug-likeness (QED) is 0.177. The van der Waals surface area contributed by atoms with Crippen LogP contribution in [0.15, 0.2) is 188 Å². The van der Waals surface area contributed by atoms with Crippen LogP contribution in [0.3, 0.4) is 0 Å². The molecule has 0 saturated heterocycles. The van der Waals surface area contributed by atoms with Crippen LogP contribution in [-0.2, 0) is 0 Å². The first kappa shape index (κ1) is 31.9. The number of hydrogen-bond acceptors (Lipinski definition) is 2. The van der Waals surface area contributed by atoms with E-state index in [1.54, 1.807) is 0 Å². The fourth-order valence-corrected chi connectivity index (χ4v) is 6.76. The van der Waals surface area contributed by atoms with Crippen LogP contribution in [0.25, 0.3) is 71.8 Å². The minimum atomic E-state index is 0.942. The van der Waals surface area contributed by atoms with Crippen molar-refractivity contribution in [1.29, 1.82) is 0 Å². The van der Waals surface area contributed by atoms with Crippen molar-refractivity contribution in [2.45, 2.75) is 20.3 Å². The molecule has 0 fully saturated rings. The summed E-state index contributed by atoms with van der Waals surface area (Å²) in [7, 11) is 0. The van der Waals surface area contributed by atoms with Crippen LogP contribution in [0.1, 0.15) is 24.5 Å². The SMILES string of the molecule is C/C(=C1/C=CC=CC1)c1ccc(-c2ccccc2)cc1.Cc1cccc(-c2ccc3ccc4ccc(-c5ccc6ccccc6c5)nc4c3n2)c1. The van der Waals surface area contributed by atoms with E-state index in [1.165, 1.54) is 44.2 Å². The topological polar surface area (TPSA) is 25.8 Å². The Labute approximate surface area is 299 Å². The Bertz CT molecular complexity index is 2610. The van der Waals surface area contributed by atoms with Crippen LogP contribution in [0.4, 0.5) is 0 Å². The number of nitrogens with zero attached hydrogens (tertiary/aromatic N) is 2. The molecule has 0 spiro atoms. The van der Waals surface area contributed by atoms with E-state index in [-0.39, 0.29) is 0 Å². The molecule has 0 unspecified atom stereocenters. The fraction of sp³-hybridized carbons (Fsp3) is 0.0612. The molecule has 0 aliphatic heterocycles. The van der Waals surface area contributed by atoms with E-state index in [1.807, 2.05) is 0 Å². The lowest BCUT2D eigenvalue weighted by Crippen LogP contribution is -1.91. The number of pyridine rings is 2. The van der Waals surface area contributed by atoms with Gasteiger partial charge in [0.1, 0.15) is 0 Å². The number of allylic oxidation sites excluding steroid dienone is 6. The van der Waals surface area contributed by atoms with Gasteiger partial charge in [0.2, 0.25) is 0 Å². The Balaban J connectivity index is 0.000000162. The minimum absolute atomic E-state index is 0.942. The fourth-order valence-electron chi connectivity index (χ4n) is 6.76. The molecule has 1 aliphatic rings. The maximum absolute atomic E-state index is 5.07. The second-order valence-corrected chi connectivity index (χ2v) is 13.1. The van der Waals surface area contributed by atoms with E-state index in [9.17, 15) is 0 Å². The third kappa shape index (κ3) is 6.90. The van der Waals surface area contributed by atoms with Gasteiger partial charge in [0.15, 0.2) is 0 Å². The Morgan fingerprint density at radius 3 is 1.71 bits per heavy atom. The van der Waals surface area contributed by atoms with Crippen molar-refractivity contribution in [3.63, 3.8) is 0 Å². The molecular formula is C49H38N2. The van der Waals surface area contributed by atoms with Gasteiger partial charge in [0, 0.05) is 21.9 Å². The van der Waals surface area contributed by atoms with Crippen LogP contribution in [0.2, 0.25) is 0 Å². The van der Waals surface area contributed by atoms with Crippen molar-refractivity contribution < 1.29 is 0 Å². The zero-order valence-electron chi connectivity index (χ0n) is 28.9. The first-order chi connectivity index (χ1) is 25.1. The molecule has 0 saturated carbocycles. The van der Waals surface area contributed by atoms with Crippen molar-refractivity contribution >= 4 is 38.2 Å². The first-order valence-electron chi connectivity index (χ1n) is 17.5. The van der Waals surface area contributed by atoms with Gasteiger partial charge in [-0.2, -0.15) is 0 Å². The van der Waals surface area contributed by atoms with E-state index < -0.39 is 0 Å². The molecule has 9 rings (SSSR count). The Morgan fingerprint density at radius 2 is 1.04 bits per heavy atom. The van der Waals surface area contributed by atoms with Crippen LogP contribution in [-0.4, -0.2) is 9.97 Å². The number of fused-ring (bicyclic) bond motifs is 4. The summed E-state index contributed by atoms with van der Waals surface area (Å²) in [5, 5.41) is 4.67. The van der Waals surface area contributed by atoms with Gasteiger partial charge in [-0.05, 0) is 83.1 Å². The van der Waals surface area contributed by atoms with Crippen LogP contribution >= 0.6 is 0 Å². The molecule has 2 heterocycles. The molecule has 6 aromatic carbocycles. The van der Waals surface area contributed by atoms with Crippen molar-refractivity contribution in [3.8, 4) is 33.6 Å². The number of benzene rings is 6. The number of aryl methyl sites for hydroxylation is 1. The molecule has 51 heavy (non-hydrogen) atoms. The predicted octanol–water partition coefficient (Wildman–Crippen LogP) is 13.2. The highest BCUT2D eigenvalue weighted by Gasteiger charge is 2.10. The van der Waals surface area contributed by atoms with Gasteiger partial charge in [0.05, 0.1) is 22.4 Å². The van der Waals surface area contributed by atoms with Crippen LogP contribution in [0, 0.1) is 6.92 Å². The van der Waals surface area contributed by atoms with Crippen molar-refractivity contribution in [1.82, 2.24) is 9.97 Å². The summed E-state index contributed by atoms with van der Waals surface area (Å²) in [4.78, 5) is 10.1. The molecule has 0 amide bonds. The van der Waals surface area contributed by atoms with E-state index in [0.29, 0.717) is 0 Å². The molecule has 2 nitrogen and oxygen atoms in total. The molecule has 8 aromatic rings. The van der Waals surface area contributed by atoms with Crippen molar-refractivity contribution in [2.24, 2.45) is 0 Å². The second kappa shape index (κ2) is 14.2. The lowest BCUT2D eigenvalue weighted by molar-refractivity contribution is 1.26. The number of hydrogen-bond donors (Lipinski definition) is 0. The average Bonchev–Trinajstić information content (AvgIpc) is 3.21. The number of aromatic nitrogens is 2. The summed E-state index contributed by atoms with van der Waals surface area (Å²) < 4.78 is 0. The highest BCUT2D eigenvalue weighted by molar-refractivity contribution is 6.04. The average molecular weight is 655 g/mol. The minimum Gasteiger partial charge on any atom is -0.245 e. The normalized spacial score (nSPS) is 13.3. The van der Waals surface area contributed by atoms with Crippen molar-refractivity contribution in [3.05, 3.63) is 199 Å². The second-order valence-electron chi connectivity index (χ2n) is 13.1. The Kier molecular flexibility index (Phi) is 8.89. The monoisotopic (exact) mass is 654 g/mol. The van der Waals surface area contributed by atoms with Gasteiger partial charge in [-0.1, -0.05) is 163 Å². The van der Waals surface area contributed by atoms with Gasteiger partial charge >= 0.3 is 0 Å². The van der Waals surface area contributed by atoms with Gasteiger partial charge in [-0.15, -0.1) is 0 Å². The smallest absolute Gasteiger partial charge is 0.0972 e. The van der Waals surface area contributed by atoms with E-state index in [4.69, 9.17) is 9.97 Å². The predicted molar refractivity (Wildman–Crippen MR) is 218 cm³/mol. The van der Waals surface area contributed by atoms with Gasteiger partial charge in [-0.25, -0.2) is 9.97 Å². The summed E-state index contributed by atoms with van der Waals surface area (Å²) in [6.07, 6.45) is 9.66. The molecule has 0 bridgehead atoms. The summed E-state index contributed by atoms with van der Waals surface area (Å²) in [6.45, 7) is 4.31. The zero-order valence-corrected chi connectivity index (χ0v) is 28.9. The molecule has 2 heteroatoms. The summed E-state index contributed by atoms with van der Waals surface area (Å²) in [5.74, 6) is 0. The lowest BCUT2D eigenvalue weighted by atomic mass is 9.95. The molecule has 0 N–H and O–H groups in total.